The predicted octanol–water partition coefficient (Wildman–Crippen LogP) is 4.66. The van der Waals surface area contributed by atoms with Gasteiger partial charge in [0.05, 0.1) is 12.7 Å². The molecule has 0 amide bonds. The number of hydrogen-bond donors (Lipinski definition) is 0. The molecular formula is C30H24N6O2. The van der Waals surface area contributed by atoms with Gasteiger partial charge >= 0.3 is 0 Å². The van der Waals surface area contributed by atoms with E-state index in [1.54, 1.807) is 61.7 Å². The van der Waals surface area contributed by atoms with E-state index in [1.165, 1.54) is 0 Å². The first-order chi connectivity index (χ1) is 18.7. The molecule has 38 heavy (non-hydrogen) atoms. The average molecular weight is 501 g/mol. The van der Waals surface area contributed by atoms with Gasteiger partial charge in [-0.15, -0.1) is 0 Å². The number of nitrogens with zero attached hydrogens (tertiary/aromatic N) is 6. The Morgan fingerprint density at radius 2 is 1.11 bits per heavy atom. The Morgan fingerprint density at radius 3 is 1.50 bits per heavy atom. The average Bonchev–Trinajstić information content (AvgIpc) is 3.69. The van der Waals surface area contributed by atoms with Crippen LogP contribution >= 0.6 is 0 Å². The van der Waals surface area contributed by atoms with E-state index >= 15 is 0 Å². The number of aromatic nitrogens is 4. The molecule has 0 atom stereocenters. The fraction of sp³-hybridized carbons (Fsp3) is 0.0667. The maximum atomic E-state index is 12.5. The van der Waals surface area contributed by atoms with Crippen molar-refractivity contribution in [2.45, 2.75) is 0 Å². The molecule has 0 spiro atoms. The Morgan fingerprint density at radius 1 is 0.658 bits per heavy atom. The summed E-state index contributed by atoms with van der Waals surface area (Å²) in [6.07, 6.45) is 13.9. The molecule has 0 saturated heterocycles. The summed E-state index contributed by atoms with van der Waals surface area (Å²) in [4.78, 5) is 41.7. The first-order valence-corrected chi connectivity index (χ1v) is 12.0. The van der Waals surface area contributed by atoms with Crippen LogP contribution in [-0.2, 0) is 0 Å². The lowest BCUT2D eigenvalue weighted by molar-refractivity contribution is 0.0994. The molecule has 0 unspecified atom stereocenters. The van der Waals surface area contributed by atoms with Gasteiger partial charge in [-0.25, -0.2) is 9.97 Å². The van der Waals surface area contributed by atoms with Gasteiger partial charge in [-0.05, 0) is 65.7 Å². The first-order valence-electron chi connectivity index (χ1n) is 12.0. The Balaban J connectivity index is 1.13. The number of imidazole rings is 2. The van der Waals surface area contributed by atoms with E-state index in [0.717, 1.165) is 22.5 Å². The highest BCUT2D eigenvalue weighted by molar-refractivity contribution is 6.00. The molecule has 186 valence electrons. The fourth-order valence-electron chi connectivity index (χ4n) is 3.83. The van der Waals surface area contributed by atoms with E-state index in [0.29, 0.717) is 11.1 Å². The molecule has 8 heteroatoms. The summed E-state index contributed by atoms with van der Waals surface area (Å²) in [6.45, 7) is 0.105. The quantitative estimate of drug-likeness (QED) is 0.206. The van der Waals surface area contributed by atoms with Gasteiger partial charge in [0.25, 0.3) is 0 Å². The number of hydrogen-bond acceptors (Lipinski definition) is 6. The third-order valence-electron chi connectivity index (χ3n) is 5.84. The van der Waals surface area contributed by atoms with Crippen molar-refractivity contribution < 1.29 is 9.59 Å². The topological polar surface area (TPSA) is 94.5 Å². The van der Waals surface area contributed by atoms with E-state index in [9.17, 15) is 9.59 Å². The van der Waals surface area contributed by atoms with Gasteiger partial charge in [0.1, 0.15) is 13.1 Å². The summed E-state index contributed by atoms with van der Waals surface area (Å²) < 4.78 is 3.75. The Kier molecular flexibility index (Phi) is 7.51. The van der Waals surface area contributed by atoms with Crippen molar-refractivity contribution in [2.24, 2.45) is 9.98 Å². The Labute approximate surface area is 219 Å². The van der Waals surface area contributed by atoms with E-state index in [2.05, 4.69) is 20.0 Å². The van der Waals surface area contributed by atoms with Crippen LogP contribution in [0.5, 0.6) is 0 Å². The monoisotopic (exact) mass is 500 g/mol. The van der Waals surface area contributed by atoms with Gasteiger partial charge in [-0.2, -0.15) is 0 Å². The smallest absolute Gasteiger partial charge is 0.184 e. The molecule has 2 heterocycles. The van der Waals surface area contributed by atoms with Gasteiger partial charge in [0.15, 0.2) is 11.6 Å². The van der Waals surface area contributed by atoms with Gasteiger partial charge < -0.3 is 9.13 Å². The van der Waals surface area contributed by atoms with Crippen LogP contribution in [0.2, 0.25) is 0 Å². The molecule has 0 aliphatic rings. The number of aliphatic imine (C=N–C) groups is 2. The van der Waals surface area contributed by atoms with Crippen molar-refractivity contribution in [1.29, 1.82) is 0 Å². The summed E-state index contributed by atoms with van der Waals surface area (Å²) in [5.41, 5.74) is 4.77. The highest BCUT2D eigenvalue weighted by atomic mass is 16.1. The lowest BCUT2D eigenvalue weighted by Crippen LogP contribution is -2.04. The maximum Gasteiger partial charge on any atom is 0.184 e. The van der Waals surface area contributed by atoms with Crippen molar-refractivity contribution in [2.75, 3.05) is 13.1 Å². The molecule has 0 saturated carbocycles. The van der Waals surface area contributed by atoms with Crippen LogP contribution in [0.1, 0.15) is 31.8 Å². The molecule has 8 nitrogen and oxygen atoms in total. The number of carbonyl (C=O) groups is 2. The fourth-order valence-corrected chi connectivity index (χ4v) is 3.83. The summed E-state index contributed by atoms with van der Waals surface area (Å²) in [7, 11) is 0. The number of benzene rings is 3. The molecule has 0 bridgehead atoms. The molecule has 0 aliphatic heterocycles. The molecule has 0 fully saturated rings. The summed E-state index contributed by atoms with van der Waals surface area (Å²) >= 11 is 0. The highest BCUT2D eigenvalue weighted by Crippen LogP contribution is 2.11. The molecular weight excluding hydrogens is 476 g/mol. The van der Waals surface area contributed by atoms with E-state index < -0.39 is 0 Å². The van der Waals surface area contributed by atoms with Crippen molar-refractivity contribution in [3.05, 3.63) is 132 Å². The van der Waals surface area contributed by atoms with Crippen molar-refractivity contribution in [3.8, 4) is 11.4 Å². The second kappa shape index (κ2) is 11.7. The normalized spacial score (nSPS) is 11.4. The van der Waals surface area contributed by atoms with Gasteiger partial charge in [0, 0.05) is 59.7 Å². The summed E-state index contributed by atoms with van der Waals surface area (Å²) in [5.74, 6) is -0.125. The second-order valence-electron chi connectivity index (χ2n) is 8.49. The molecule has 2 aromatic heterocycles. The van der Waals surface area contributed by atoms with Crippen LogP contribution < -0.4 is 0 Å². The van der Waals surface area contributed by atoms with Crippen LogP contribution in [0.4, 0.5) is 0 Å². The highest BCUT2D eigenvalue weighted by Gasteiger charge is 2.06. The van der Waals surface area contributed by atoms with E-state index in [-0.39, 0.29) is 24.7 Å². The largest absolute Gasteiger partial charge is 0.306 e. The zero-order valence-electron chi connectivity index (χ0n) is 20.5. The Hall–Kier alpha value is -5.24. The molecule has 3 aromatic carbocycles. The lowest BCUT2D eigenvalue weighted by atomic mass is 10.1. The predicted molar refractivity (Wildman–Crippen MR) is 147 cm³/mol. The third kappa shape index (κ3) is 6.11. The van der Waals surface area contributed by atoms with Gasteiger partial charge in [0.2, 0.25) is 0 Å². The third-order valence-corrected chi connectivity index (χ3v) is 5.84. The number of Topliss-reactive ketones (excluding diaryl/α,β-unsaturated/α-hetero) is 2. The van der Waals surface area contributed by atoms with E-state index in [1.807, 2.05) is 70.1 Å². The molecule has 0 radical (unpaired) electrons. The maximum absolute atomic E-state index is 12.5. The lowest BCUT2D eigenvalue weighted by Gasteiger charge is -2.03. The van der Waals surface area contributed by atoms with Crippen LogP contribution in [0.15, 0.2) is 120 Å². The van der Waals surface area contributed by atoms with Crippen molar-refractivity contribution >= 4 is 24.0 Å². The van der Waals surface area contributed by atoms with Crippen LogP contribution in [0, 0.1) is 0 Å². The standard InChI is InChI=1S/C30H24N6O2/c37-29(25-4-8-27(9-5-25)35-14-12-31-21-35)19-33-17-23-2-1-3-24(16-23)18-34-20-30(38)26-6-10-28(11-7-26)36-15-13-32-22-36/h1-18,21-22H,19-20H2. The molecule has 5 aromatic rings. The minimum atomic E-state index is -0.0623. The zero-order valence-corrected chi connectivity index (χ0v) is 20.5. The van der Waals surface area contributed by atoms with Gasteiger partial charge in [-0.1, -0.05) is 18.2 Å². The molecule has 5 rings (SSSR count). The van der Waals surface area contributed by atoms with Crippen molar-refractivity contribution in [1.82, 2.24) is 19.1 Å². The second-order valence-corrected chi connectivity index (χ2v) is 8.49. The minimum Gasteiger partial charge on any atom is -0.306 e. The number of rotatable bonds is 10. The van der Waals surface area contributed by atoms with Gasteiger partial charge in [-0.3, -0.25) is 19.6 Å². The Bertz CT molecular complexity index is 1450. The summed E-state index contributed by atoms with van der Waals surface area (Å²) in [5, 5.41) is 0. The van der Waals surface area contributed by atoms with Crippen LogP contribution in [0.25, 0.3) is 11.4 Å². The van der Waals surface area contributed by atoms with Crippen LogP contribution in [0.3, 0.4) is 0 Å². The summed E-state index contributed by atoms with van der Waals surface area (Å²) in [6, 6.07) is 22.3. The SMILES string of the molecule is O=C(CN=Cc1cccc(C=NCC(=O)c2ccc(-n3ccnc3)cc2)c1)c1ccc(-n2ccnc2)cc1. The molecule has 0 N–H and O–H groups in total. The molecule has 0 aliphatic carbocycles. The minimum absolute atomic E-state index is 0.0525. The van der Waals surface area contributed by atoms with E-state index in [4.69, 9.17) is 0 Å². The zero-order chi connectivity index (χ0) is 26.2. The number of carbonyl (C=O) groups excluding carboxylic acids is 2. The first kappa shape index (κ1) is 24.5. The number of ketones is 2. The van der Waals surface area contributed by atoms with Crippen LogP contribution in [-0.4, -0.2) is 56.2 Å². The van der Waals surface area contributed by atoms with Crippen molar-refractivity contribution in [3.63, 3.8) is 0 Å².